The Kier molecular flexibility index (Phi) is 3.94. The lowest BCUT2D eigenvalue weighted by molar-refractivity contribution is -0.120. The van der Waals surface area contributed by atoms with E-state index in [4.69, 9.17) is 4.42 Å². The second kappa shape index (κ2) is 6.24. The van der Waals surface area contributed by atoms with Crippen LogP contribution in [-0.2, 0) is 11.2 Å². The van der Waals surface area contributed by atoms with Gasteiger partial charge in [-0.1, -0.05) is 30.3 Å². The Morgan fingerprint density at radius 1 is 1.33 bits per heavy atom. The third-order valence-corrected chi connectivity index (χ3v) is 5.04. The van der Waals surface area contributed by atoms with Crippen molar-refractivity contribution in [2.45, 2.75) is 31.7 Å². The molecule has 0 unspecified atom stereocenters. The van der Waals surface area contributed by atoms with Crippen LogP contribution in [0.2, 0.25) is 0 Å². The zero-order valence-electron chi connectivity index (χ0n) is 13.4. The van der Waals surface area contributed by atoms with Crippen molar-refractivity contribution in [2.24, 2.45) is 0 Å². The summed E-state index contributed by atoms with van der Waals surface area (Å²) in [5.74, 6) is 1.74. The number of aryl methyl sites for hydroxylation is 1. The molecular weight excluding hydrogens is 320 g/mol. The van der Waals surface area contributed by atoms with Gasteiger partial charge in [-0.25, -0.2) is 4.98 Å². The molecule has 1 saturated carbocycles. The first-order chi connectivity index (χ1) is 11.7. The highest BCUT2D eigenvalue weighted by Gasteiger charge is 2.39. The van der Waals surface area contributed by atoms with E-state index in [0.29, 0.717) is 23.3 Å². The maximum Gasteiger partial charge on any atom is 0.227 e. The second-order valence-electron chi connectivity index (χ2n) is 6.14. The van der Waals surface area contributed by atoms with E-state index < -0.39 is 0 Å². The van der Waals surface area contributed by atoms with Gasteiger partial charge < -0.3 is 9.73 Å². The van der Waals surface area contributed by atoms with E-state index in [0.717, 1.165) is 12.0 Å². The zero-order valence-corrected chi connectivity index (χ0v) is 14.2. The van der Waals surface area contributed by atoms with Crippen LogP contribution in [0.25, 0.3) is 11.5 Å². The van der Waals surface area contributed by atoms with Gasteiger partial charge in [-0.05, 0) is 30.4 Å². The van der Waals surface area contributed by atoms with Crippen LogP contribution >= 0.6 is 11.3 Å². The van der Waals surface area contributed by atoms with Gasteiger partial charge in [0.05, 0.1) is 12.1 Å². The minimum atomic E-state index is 0.00620. The van der Waals surface area contributed by atoms with E-state index in [1.165, 1.54) is 5.56 Å². The van der Waals surface area contributed by atoms with Crippen molar-refractivity contribution in [3.63, 3.8) is 0 Å². The topological polar surface area (TPSA) is 55.1 Å². The lowest BCUT2D eigenvalue weighted by Gasteiger charge is -2.04. The second-order valence-corrected chi connectivity index (χ2v) is 6.92. The Labute approximate surface area is 144 Å². The van der Waals surface area contributed by atoms with Crippen LogP contribution < -0.4 is 5.32 Å². The maximum atomic E-state index is 12.3. The average Bonchev–Trinajstić information content (AvgIpc) is 2.97. The van der Waals surface area contributed by atoms with E-state index in [9.17, 15) is 4.79 Å². The number of hydrogen-bond donors (Lipinski definition) is 1. The van der Waals surface area contributed by atoms with Crippen molar-refractivity contribution < 1.29 is 9.21 Å². The third kappa shape index (κ3) is 3.12. The van der Waals surface area contributed by atoms with Gasteiger partial charge in [0.15, 0.2) is 0 Å². The van der Waals surface area contributed by atoms with Gasteiger partial charge in [-0.2, -0.15) is 11.3 Å². The fourth-order valence-electron chi connectivity index (χ4n) is 2.93. The van der Waals surface area contributed by atoms with Crippen molar-refractivity contribution >= 4 is 17.2 Å². The Bertz CT molecular complexity index is 840. The first kappa shape index (κ1) is 15.1. The molecule has 2 aromatic heterocycles. The number of nitrogens with one attached hydrogen (secondary N) is 1. The van der Waals surface area contributed by atoms with Gasteiger partial charge in [0.2, 0.25) is 11.8 Å². The molecule has 2 heterocycles. The molecule has 1 fully saturated rings. The molecule has 1 amide bonds. The molecule has 1 aliphatic rings. The monoisotopic (exact) mass is 338 g/mol. The van der Waals surface area contributed by atoms with Crippen molar-refractivity contribution in [3.8, 4) is 11.5 Å². The predicted molar refractivity (Wildman–Crippen MR) is 94.0 cm³/mol. The molecule has 0 bridgehead atoms. The molecule has 0 spiro atoms. The summed E-state index contributed by atoms with van der Waals surface area (Å²) in [6, 6.07) is 12.5. The molecule has 24 heavy (non-hydrogen) atoms. The predicted octanol–water partition coefficient (Wildman–Crippen LogP) is 3.93. The van der Waals surface area contributed by atoms with Gasteiger partial charge >= 0.3 is 0 Å². The number of rotatable bonds is 5. The summed E-state index contributed by atoms with van der Waals surface area (Å²) >= 11 is 1.60. The quantitative estimate of drug-likeness (QED) is 0.767. The van der Waals surface area contributed by atoms with E-state index in [1.54, 1.807) is 11.3 Å². The van der Waals surface area contributed by atoms with E-state index in [-0.39, 0.29) is 18.4 Å². The number of amides is 1. The average molecular weight is 338 g/mol. The van der Waals surface area contributed by atoms with E-state index in [1.807, 2.05) is 41.9 Å². The van der Waals surface area contributed by atoms with E-state index in [2.05, 4.69) is 22.4 Å². The molecule has 1 aliphatic carbocycles. The van der Waals surface area contributed by atoms with Crippen LogP contribution in [0, 0.1) is 6.92 Å². The van der Waals surface area contributed by atoms with E-state index >= 15 is 0 Å². The standard InChI is InChI=1S/C19H18N2O2S/c1-12-16(21-19(23-12)14-7-8-24-11-14)10-18(22)20-17-9-15(17)13-5-3-2-4-6-13/h2-8,11,15,17H,9-10H2,1H3,(H,20,22)/t15-,17+/m0/s1. The maximum absolute atomic E-state index is 12.3. The fraction of sp³-hybridized carbons (Fsp3) is 0.263. The normalized spacial score (nSPS) is 19.2. The molecule has 0 aliphatic heterocycles. The summed E-state index contributed by atoms with van der Waals surface area (Å²) in [6.07, 6.45) is 1.27. The summed E-state index contributed by atoms with van der Waals surface area (Å²) in [6.45, 7) is 1.86. The molecule has 0 saturated heterocycles. The third-order valence-electron chi connectivity index (χ3n) is 4.35. The Balaban J connectivity index is 1.37. The SMILES string of the molecule is Cc1oc(-c2ccsc2)nc1CC(=O)N[C@@H]1C[C@H]1c1ccccc1. The Morgan fingerprint density at radius 3 is 2.92 bits per heavy atom. The minimum absolute atomic E-state index is 0.00620. The number of aromatic nitrogens is 1. The smallest absolute Gasteiger partial charge is 0.227 e. The Morgan fingerprint density at radius 2 is 2.17 bits per heavy atom. The summed E-state index contributed by atoms with van der Waals surface area (Å²) < 4.78 is 5.69. The number of carbonyl (C=O) groups is 1. The first-order valence-corrected chi connectivity index (χ1v) is 8.98. The van der Waals surface area contributed by atoms with Gasteiger partial charge in [0, 0.05) is 22.9 Å². The molecule has 2 atom stereocenters. The minimum Gasteiger partial charge on any atom is -0.441 e. The van der Waals surface area contributed by atoms with Gasteiger partial charge in [-0.3, -0.25) is 4.79 Å². The molecular formula is C19H18N2O2S. The first-order valence-electron chi connectivity index (χ1n) is 8.04. The highest BCUT2D eigenvalue weighted by atomic mass is 32.1. The summed E-state index contributed by atoms with van der Waals surface area (Å²) in [5.41, 5.74) is 2.96. The van der Waals surface area contributed by atoms with Crippen LogP contribution in [0.15, 0.2) is 51.6 Å². The number of carbonyl (C=O) groups excluding carboxylic acids is 1. The van der Waals surface area contributed by atoms with Crippen molar-refractivity contribution in [1.29, 1.82) is 0 Å². The van der Waals surface area contributed by atoms with Crippen LogP contribution in [0.5, 0.6) is 0 Å². The summed E-state index contributed by atoms with van der Waals surface area (Å²) in [7, 11) is 0. The largest absolute Gasteiger partial charge is 0.441 e. The highest BCUT2D eigenvalue weighted by molar-refractivity contribution is 7.08. The molecule has 1 N–H and O–H groups in total. The van der Waals surface area contributed by atoms with Crippen LogP contribution in [-0.4, -0.2) is 16.9 Å². The number of nitrogens with zero attached hydrogens (tertiary/aromatic N) is 1. The van der Waals surface area contributed by atoms with Gasteiger partial charge in [0.1, 0.15) is 5.76 Å². The fourth-order valence-corrected chi connectivity index (χ4v) is 3.56. The molecule has 0 radical (unpaired) electrons. The Hall–Kier alpha value is -2.40. The molecule has 3 aromatic rings. The number of benzene rings is 1. The highest BCUT2D eigenvalue weighted by Crippen LogP contribution is 2.40. The molecule has 1 aromatic carbocycles. The van der Waals surface area contributed by atoms with Crippen LogP contribution in [0.3, 0.4) is 0 Å². The van der Waals surface area contributed by atoms with Gasteiger partial charge in [-0.15, -0.1) is 0 Å². The molecule has 4 nitrogen and oxygen atoms in total. The summed E-state index contributed by atoms with van der Waals surface area (Å²) in [4.78, 5) is 16.8. The lowest BCUT2D eigenvalue weighted by atomic mass is 10.1. The molecule has 4 rings (SSSR count). The van der Waals surface area contributed by atoms with Crippen LogP contribution in [0.4, 0.5) is 0 Å². The molecule has 5 heteroatoms. The van der Waals surface area contributed by atoms with Crippen LogP contribution in [0.1, 0.15) is 29.4 Å². The zero-order chi connectivity index (χ0) is 16.5. The number of oxazole rings is 1. The number of hydrogen-bond acceptors (Lipinski definition) is 4. The summed E-state index contributed by atoms with van der Waals surface area (Å²) in [5, 5.41) is 7.08. The number of thiophene rings is 1. The van der Waals surface area contributed by atoms with Crippen molar-refractivity contribution in [1.82, 2.24) is 10.3 Å². The lowest BCUT2D eigenvalue weighted by Crippen LogP contribution is -2.28. The van der Waals surface area contributed by atoms with Gasteiger partial charge in [0.25, 0.3) is 0 Å². The van der Waals surface area contributed by atoms with Crippen molar-refractivity contribution in [3.05, 3.63) is 64.2 Å². The molecule has 122 valence electrons. The van der Waals surface area contributed by atoms with Crippen molar-refractivity contribution in [2.75, 3.05) is 0 Å².